The van der Waals surface area contributed by atoms with Gasteiger partial charge in [-0.25, -0.2) is 0 Å². The zero-order valence-electron chi connectivity index (χ0n) is 10.8. The Morgan fingerprint density at radius 2 is 1.65 bits per heavy atom. The standard InChI is InChI=1S/C14H15F3N2O/c15-14(16,17)12-3-1-9(2-4-12)13(20)19-7-10-5-18-6-11(10)8-19/h1-4,10-11,18H,5-8H2/t10-,11+. The number of nitrogens with zero attached hydrogens (tertiary/aromatic N) is 1. The van der Waals surface area contributed by atoms with E-state index in [1.807, 2.05) is 0 Å². The predicted octanol–water partition coefficient (Wildman–Crippen LogP) is 2.00. The summed E-state index contributed by atoms with van der Waals surface area (Å²) in [5.41, 5.74) is -0.400. The van der Waals surface area contributed by atoms with E-state index in [9.17, 15) is 18.0 Å². The number of carbonyl (C=O) groups excluding carboxylic acids is 1. The first-order valence-corrected chi connectivity index (χ1v) is 6.62. The molecule has 2 heterocycles. The minimum atomic E-state index is -4.36. The smallest absolute Gasteiger partial charge is 0.338 e. The lowest BCUT2D eigenvalue weighted by molar-refractivity contribution is -0.137. The lowest BCUT2D eigenvalue weighted by Crippen LogP contribution is -2.31. The Hall–Kier alpha value is -1.56. The van der Waals surface area contributed by atoms with E-state index in [2.05, 4.69) is 5.32 Å². The molecule has 3 rings (SSSR count). The Balaban J connectivity index is 1.72. The normalized spacial score (nSPS) is 25.9. The zero-order valence-corrected chi connectivity index (χ0v) is 10.8. The molecule has 0 spiro atoms. The molecule has 0 aliphatic carbocycles. The summed E-state index contributed by atoms with van der Waals surface area (Å²) < 4.78 is 37.4. The molecular weight excluding hydrogens is 269 g/mol. The van der Waals surface area contributed by atoms with Crippen LogP contribution in [0, 0.1) is 11.8 Å². The first kappa shape index (κ1) is 13.4. The van der Waals surface area contributed by atoms with Gasteiger partial charge in [0.15, 0.2) is 0 Å². The quantitative estimate of drug-likeness (QED) is 0.855. The summed E-state index contributed by atoms with van der Waals surface area (Å²) in [6.07, 6.45) is -4.36. The van der Waals surface area contributed by atoms with Crippen LogP contribution >= 0.6 is 0 Å². The molecule has 0 unspecified atom stereocenters. The summed E-state index contributed by atoms with van der Waals surface area (Å²) in [5.74, 6) is 0.787. The number of hydrogen-bond donors (Lipinski definition) is 1. The molecule has 1 aromatic rings. The van der Waals surface area contributed by atoms with Crippen molar-refractivity contribution in [3.05, 3.63) is 35.4 Å². The molecule has 0 aromatic heterocycles. The second-order valence-electron chi connectivity index (χ2n) is 5.46. The summed E-state index contributed by atoms with van der Waals surface area (Å²) in [7, 11) is 0. The van der Waals surface area contributed by atoms with Crippen LogP contribution in [-0.2, 0) is 6.18 Å². The third-order valence-electron chi connectivity index (χ3n) is 4.14. The van der Waals surface area contributed by atoms with Crippen molar-refractivity contribution in [3.63, 3.8) is 0 Å². The number of halogens is 3. The highest BCUT2D eigenvalue weighted by atomic mass is 19.4. The Morgan fingerprint density at radius 3 is 2.15 bits per heavy atom. The van der Waals surface area contributed by atoms with Gasteiger partial charge in [-0.3, -0.25) is 4.79 Å². The van der Waals surface area contributed by atoms with Gasteiger partial charge in [-0.05, 0) is 36.1 Å². The second kappa shape index (κ2) is 4.77. The highest BCUT2D eigenvalue weighted by Gasteiger charge is 2.38. The second-order valence-corrected chi connectivity index (χ2v) is 5.46. The molecule has 2 fully saturated rings. The lowest BCUT2D eigenvalue weighted by atomic mass is 10.0. The minimum Gasteiger partial charge on any atom is -0.338 e. The Labute approximate surface area is 114 Å². The Bertz CT molecular complexity index is 500. The van der Waals surface area contributed by atoms with Crippen LogP contribution in [0.4, 0.5) is 13.2 Å². The summed E-state index contributed by atoms with van der Waals surface area (Å²) in [4.78, 5) is 14.0. The average molecular weight is 284 g/mol. The summed E-state index contributed by atoms with van der Waals surface area (Å²) in [6, 6.07) is 4.45. The predicted molar refractivity (Wildman–Crippen MR) is 67.2 cm³/mol. The topological polar surface area (TPSA) is 32.3 Å². The van der Waals surface area contributed by atoms with Gasteiger partial charge in [-0.2, -0.15) is 13.2 Å². The summed E-state index contributed by atoms with van der Waals surface area (Å²) in [6.45, 7) is 3.22. The van der Waals surface area contributed by atoms with Gasteiger partial charge in [-0.1, -0.05) is 0 Å². The third-order valence-corrected chi connectivity index (χ3v) is 4.14. The molecule has 1 aromatic carbocycles. The fraction of sp³-hybridized carbons (Fsp3) is 0.500. The maximum absolute atomic E-state index is 12.5. The van der Waals surface area contributed by atoms with Crippen molar-refractivity contribution in [1.82, 2.24) is 10.2 Å². The van der Waals surface area contributed by atoms with E-state index in [4.69, 9.17) is 0 Å². The van der Waals surface area contributed by atoms with Gasteiger partial charge in [0.05, 0.1) is 5.56 Å². The first-order valence-electron chi connectivity index (χ1n) is 6.62. The Morgan fingerprint density at radius 1 is 1.10 bits per heavy atom. The number of benzene rings is 1. The number of alkyl halides is 3. The van der Waals surface area contributed by atoms with E-state index in [0.29, 0.717) is 30.5 Å². The molecule has 0 saturated carbocycles. The lowest BCUT2D eigenvalue weighted by Gasteiger charge is -2.18. The molecule has 20 heavy (non-hydrogen) atoms. The maximum atomic E-state index is 12.5. The number of nitrogens with one attached hydrogen (secondary N) is 1. The van der Waals surface area contributed by atoms with Crippen LogP contribution in [0.5, 0.6) is 0 Å². The van der Waals surface area contributed by atoms with Gasteiger partial charge < -0.3 is 10.2 Å². The minimum absolute atomic E-state index is 0.173. The van der Waals surface area contributed by atoms with Gasteiger partial charge in [0.25, 0.3) is 5.91 Å². The van der Waals surface area contributed by atoms with Crippen LogP contribution in [-0.4, -0.2) is 37.0 Å². The van der Waals surface area contributed by atoms with Crippen LogP contribution in [0.1, 0.15) is 15.9 Å². The fourth-order valence-electron chi connectivity index (χ4n) is 3.01. The van der Waals surface area contributed by atoms with Gasteiger partial charge >= 0.3 is 6.18 Å². The van der Waals surface area contributed by atoms with E-state index in [0.717, 1.165) is 25.2 Å². The molecule has 1 amide bonds. The van der Waals surface area contributed by atoms with Crippen molar-refractivity contribution < 1.29 is 18.0 Å². The van der Waals surface area contributed by atoms with Crippen LogP contribution in [0.15, 0.2) is 24.3 Å². The molecule has 2 atom stereocenters. The van der Waals surface area contributed by atoms with Crippen molar-refractivity contribution in [2.24, 2.45) is 11.8 Å². The zero-order chi connectivity index (χ0) is 14.3. The van der Waals surface area contributed by atoms with Gasteiger partial charge in [0.2, 0.25) is 0 Å². The molecule has 0 bridgehead atoms. The molecular formula is C14H15F3N2O. The maximum Gasteiger partial charge on any atom is 0.416 e. The number of rotatable bonds is 1. The van der Waals surface area contributed by atoms with E-state index in [1.54, 1.807) is 4.90 Å². The number of amides is 1. The molecule has 0 radical (unpaired) electrons. The molecule has 2 saturated heterocycles. The SMILES string of the molecule is O=C(c1ccc(C(F)(F)F)cc1)N1C[C@H]2CNC[C@H]2C1. The van der Waals surface area contributed by atoms with Crippen LogP contribution in [0.2, 0.25) is 0 Å². The van der Waals surface area contributed by atoms with Gasteiger partial charge in [0.1, 0.15) is 0 Å². The summed E-state index contributed by atoms with van der Waals surface area (Å²) >= 11 is 0. The number of fused-ring (bicyclic) bond motifs is 1. The molecule has 2 aliphatic heterocycles. The number of hydrogen-bond acceptors (Lipinski definition) is 2. The highest BCUT2D eigenvalue weighted by molar-refractivity contribution is 5.94. The average Bonchev–Trinajstić information content (AvgIpc) is 2.97. The molecule has 6 heteroatoms. The monoisotopic (exact) mass is 284 g/mol. The van der Waals surface area contributed by atoms with E-state index in [1.165, 1.54) is 12.1 Å². The molecule has 2 aliphatic rings. The van der Waals surface area contributed by atoms with Crippen molar-refractivity contribution in [2.45, 2.75) is 6.18 Å². The van der Waals surface area contributed by atoms with Crippen molar-refractivity contribution in [1.29, 1.82) is 0 Å². The number of likely N-dealkylation sites (tertiary alicyclic amines) is 1. The van der Waals surface area contributed by atoms with Crippen LogP contribution in [0.3, 0.4) is 0 Å². The van der Waals surface area contributed by atoms with Gasteiger partial charge in [-0.15, -0.1) is 0 Å². The van der Waals surface area contributed by atoms with Gasteiger partial charge in [0, 0.05) is 31.7 Å². The number of carbonyl (C=O) groups is 1. The van der Waals surface area contributed by atoms with E-state index in [-0.39, 0.29) is 5.91 Å². The van der Waals surface area contributed by atoms with Crippen LogP contribution < -0.4 is 5.32 Å². The highest BCUT2D eigenvalue weighted by Crippen LogP contribution is 2.30. The van der Waals surface area contributed by atoms with Crippen molar-refractivity contribution in [3.8, 4) is 0 Å². The molecule has 3 nitrogen and oxygen atoms in total. The third kappa shape index (κ3) is 2.40. The summed E-state index contributed by atoms with van der Waals surface area (Å²) in [5, 5.41) is 3.28. The first-order chi connectivity index (χ1) is 9.45. The van der Waals surface area contributed by atoms with E-state index < -0.39 is 11.7 Å². The Kier molecular flexibility index (Phi) is 3.20. The van der Waals surface area contributed by atoms with Crippen molar-refractivity contribution >= 4 is 5.91 Å². The largest absolute Gasteiger partial charge is 0.416 e. The molecule has 1 N–H and O–H groups in total. The fourth-order valence-corrected chi connectivity index (χ4v) is 3.01. The van der Waals surface area contributed by atoms with E-state index >= 15 is 0 Å². The van der Waals surface area contributed by atoms with Crippen LogP contribution in [0.25, 0.3) is 0 Å². The van der Waals surface area contributed by atoms with Crippen molar-refractivity contribution in [2.75, 3.05) is 26.2 Å². The molecule has 108 valence electrons.